The maximum absolute atomic E-state index is 12.6. The lowest BCUT2D eigenvalue weighted by Gasteiger charge is -2.36. The Morgan fingerprint density at radius 3 is 2.46 bits per heavy atom. The van der Waals surface area contributed by atoms with Gasteiger partial charge in [0.2, 0.25) is 11.8 Å². The fraction of sp³-hybridized carbons (Fsp3) is 0.600. The molecular weight excluding hydrogens is 330 g/mol. The summed E-state index contributed by atoms with van der Waals surface area (Å²) < 4.78 is 5.37. The molecule has 0 saturated carbocycles. The summed E-state index contributed by atoms with van der Waals surface area (Å²) in [5, 5.41) is 0. The van der Waals surface area contributed by atoms with Crippen molar-refractivity contribution in [3.05, 3.63) is 35.4 Å². The van der Waals surface area contributed by atoms with Crippen LogP contribution in [0, 0.1) is 6.92 Å². The molecule has 0 aromatic heterocycles. The number of carbonyl (C=O) groups is 2. The SMILES string of the molecule is Cc1ccc(CN2CCN(C(=O)C[C@H](C)N3CCOCC3)CC2=O)cc1. The number of morpholine rings is 1. The van der Waals surface area contributed by atoms with Gasteiger partial charge in [-0.2, -0.15) is 0 Å². The van der Waals surface area contributed by atoms with Gasteiger partial charge in [-0.1, -0.05) is 29.8 Å². The van der Waals surface area contributed by atoms with Gasteiger partial charge in [0.15, 0.2) is 0 Å². The van der Waals surface area contributed by atoms with E-state index in [0.29, 0.717) is 26.1 Å². The molecule has 26 heavy (non-hydrogen) atoms. The zero-order chi connectivity index (χ0) is 18.5. The van der Waals surface area contributed by atoms with E-state index >= 15 is 0 Å². The first kappa shape index (κ1) is 18.9. The molecule has 0 radical (unpaired) electrons. The van der Waals surface area contributed by atoms with Crippen LogP contribution in [0.2, 0.25) is 0 Å². The van der Waals surface area contributed by atoms with Crippen molar-refractivity contribution in [1.82, 2.24) is 14.7 Å². The molecular formula is C20H29N3O3. The molecule has 0 unspecified atom stereocenters. The number of amides is 2. The van der Waals surface area contributed by atoms with Crippen LogP contribution < -0.4 is 0 Å². The monoisotopic (exact) mass is 359 g/mol. The second-order valence-electron chi connectivity index (χ2n) is 7.32. The number of rotatable bonds is 5. The van der Waals surface area contributed by atoms with Gasteiger partial charge in [0.1, 0.15) is 0 Å². The fourth-order valence-electron chi connectivity index (χ4n) is 3.53. The van der Waals surface area contributed by atoms with E-state index in [1.165, 1.54) is 5.56 Å². The van der Waals surface area contributed by atoms with Crippen molar-refractivity contribution >= 4 is 11.8 Å². The second-order valence-corrected chi connectivity index (χ2v) is 7.32. The molecule has 0 aliphatic carbocycles. The first-order valence-corrected chi connectivity index (χ1v) is 9.46. The zero-order valence-corrected chi connectivity index (χ0v) is 15.8. The minimum atomic E-state index is 0.0317. The summed E-state index contributed by atoms with van der Waals surface area (Å²) in [6, 6.07) is 8.43. The van der Waals surface area contributed by atoms with Gasteiger partial charge >= 0.3 is 0 Å². The Morgan fingerprint density at radius 2 is 1.81 bits per heavy atom. The molecule has 2 fully saturated rings. The summed E-state index contributed by atoms with van der Waals surface area (Å²) in [6.07, 6.45) is 0.464. The lowest BCUT2D eigenvalue weighted by molar-refractivity contribution is -0.146. The van der Waals surface area contributed by atoms with Crippen molar-refractivity contribution in [1.29, 1.82) is 0 Å². The van der Waals surface area contributed by atoms with Crippen LogP contribution in [0.15, 0.2) is 24.3 Å². The third-order valence-electron chi connectivity index (χ3n) is 5.30. The molecule has 2 aliphatic rings. The maximum Gasteiger partial charge on any atom is 0.242 e. The van der Waals surface area contributed by atoms with E-state index in [-0.39, 0.29) is 24.4 Å². The lowest BCUT2D eigenvalue weighted by atomic mass is 10.1. The molecule has 1 aromatic rings. The van der Waals surface area contributed by atoms with Crippen molar-refractivity contribution < 1.29 is 14.3 Å². The number of ether oxygens (including phenoxy) is 1. The van der Waals surface area contributed by atoms with E-state index in [4.69, 9.17) is 4.74 Å². The molecule has 2 aliphatic heterocycles. The van der Waals surface area contributed by atoms with Gasteiger partial charge in [-0.25, -0.2) is 0 Å². The van der Waals surface area contributed by atoms with E-state index in [0.717, 1.165) is 31.9 Å². The van der Waals surface area contributed by atoms with E-state index in [2.05, 4.69) is 43.0 Å². The van der Waals surface area contributed by atoms with Gasteiger partial charge in [0, 0.05) is 45.2 Å². The topological polar surface area (TPSA) is 53.1 Å². The van der Waals surface area contributed by atoms with E-state index < -0.39 is 0 Å². The van der Waals surface area contributed by atoms with Gasteiger partial charge < -0.3 is 14.5 Å². The number of benzene rings is 1. The average molecular weight is 359 g/mol. The van der Waals surface area contributed by atoms with Crippen molar-refractivity contribution in [2.45, 2.75) is 32.9 Å². The first-order valence-electron chi connectivity index (χ1n) is 9.46. The van der Waals surface area contributed by atoms with Gasteiger partial charge in [0.05, 0.1) is 19.8 Å². The molecule has 0 spiro atoms. The molecule has 0 bridgehead atoms. The van der Waals surface area contributed by atoms with E-state index in [1.807, 2.05) is 4.90 Å². The third kappa shape index (κ3) is 4.83. The van der Waals surface area contributed by atoms with Crippen molar-refractivity contribution in [3.8, 4) is 0 Å². The minimum Gasteiger partial charge on any atom is -0.379 e. The first-order chi connectivity index (χ1) is 12.5. The smallest absolute Gasteiger partial charge is 0.242 e. The van der Waals surface area contributed by atoms with Crippen molar-refractivity contribution in [2.24, 2.45) is 0 Å². The maximum atomic E-state index is 12.6. The Labute approximate surface area is 155 Å². The minimum absolute atomic E-state index is 0.0317. The predicted octanol–water partition coefficient (Wildman–Crippen LogP) is 1.28. The van der Waals surface area contributed by atoms with Gasteiger partial charge in [-0.15, -0.1) is 0 Å². The molecule has 6 nitrogen and oxygen atoms in total. The van der Waals surface area contributed by atoms with Crippen LogP contribution in [0.3, 0.4) is 0 Å². The Kier molecular flexibility index (Phi) is 6.27. The summed E-state index contributed by atoms with van der Waals surface area (Å²) >= 11 is 0. The number of piperazine rings is 1. The van der Waals surface area contributed by atoms with Crippen LogP contribution in [-0.4, -0.2) is 78.5 Å². The lowest BCUT2D eigenvalue weighted by Crippen LogP contribution is -2.53. The summed E-state index contributed by atoms with van der Waals surface area (Å²) in [6.45, 7) is 9.37. The normalized spacial score (nSPS) is 20.3. The van der Waals surface area contributed by atoms with Crippen LogP contribution in [0.4, 0.5) is 0 Å². The fourth-order valence-corrected chi connectivity index (χ4v) is 3.53. The summed E-state index contributed by atoms with van der Waals surface area (Å²) in [5.41, 5.74) is 2.34. The number of aryl methyl sites for hydroxylation is 1. The van der Waals surface area contributed by atoms with Crippen LogP contribution >= 0.6 is 0 Å². The largest absolute Gasteiger partial charge is 0.379 e. The Balaban J connectivity index is 1.48. The standard InChI is InChI=1S/C20H29N3O3/c1-16-3-5-18(6-4-16)14-22-7-8-23(15-20(22)25)19(24)13-17(2)21-9-11-26-12-10-21/h3-6,17H,7-15H2,1-2H3/t17-/m0/s1. The summed E-state index contributed by atoms with van der Waals surface area (Å²) in [4.78, 5) is 30.9. The Hall–Kier alpha value is -1.92. The summed E-state index contributed by atoms with van der Waals surface area (Å²) in [7, 11) is 0. The molecule has 2 amide bonds. The Morgan fingerprint density at radius 1 is 1.12 bits per heavy atom. The molecule has 1 atom stereocenters. The van der Waals surface area contributed by atoms with E-state index in [9.17, 15) is 9.59 Å². The van der Waals surface area contributed by atoms with Crippen LogP contribution in [0.25, 0.3) is 0 Å². The van der Waals surface area contributed by atoms with Crippen molar-refractivity contribution in [3.63, 3.8) is 0 Å². The zero-order valence-electron chi connectivity index (χ0n) is 15.8. The van der Waals surface area contributed by atoms with Crippen LogP contribution in [-0.2, 0) is 20.9 Å². The van der Waals surface area contributed by atoms with Crippen molar-refractivity contribution in [2.75, 3.05) is 45.9 Å². The highest BCUT2D eigenvalue weighted by molar-refractivity contribution is 5.86. The number of carbonyl (C=O) groups excluding carboxylic acids is 2. The number of nitrogens with zero attached hydrogens (tertiary/aromatic N) is 3. The Bertz CT molecular complexity index is 626. The molecule has 2 heterocycles. The number of hydrogen-bond acceptors (Lipinski definition) is 4. The highest BCUT2D eigenvalue weighted by Gasteiger charge is 2.29. The predicted molar refractivity (Wildman–Crippen MR) is 99.6 cm³/mol. The molecule has 6 heteroatoms. The van der Waals surface area contributed by atoms with Crippen LogP contribution in [0.1, 0.15) is 24.5 Å². The summed E-state index contributed by atoms with van der Waals surface area (Å²) in [5.74, 6) is 0.108. The second kappa shape index (κ2) is 8.64. The third-order valence-corrected chi connectivity index (χ3v) is 5.30. The van der Waals surface area contributed by atoms with E-state index in [1.54, 1.807) is 4.90 Å². The highest BCUT2D eigenvalue weighted by Crippen LogP contribution is 2.14. The van der Waals surface area contributed by atoms with Crippen LogP contribution in [0.5, 0.6) is 0 Å². The van der Waals surface area contributed by atoms with Gasteiger partial charge in [-0.05, 0) is 19.4 Å². The molecule has 142 valence electrons. The quantitative estimate of drug-likeness (QED) is 0.795. The van der Waals surface area contributed by atoms with Gasteiger partial charge in [-0.3, -0.25) is 14.5 Å². The average Bonchev–Trinajstić information content (AvgIpc) is 2.65. The molecule has 0 N–H and O–H groups in total. The highest BCUT2D eigenvalue weighted by atomic mass is 16.5. The molecule has 2 saturated heterocycles. The molecule has 3 rings (SSSR count). The van der Waals surface area contributed by atoms with Gasteiger partial charge in [0.25, 0.3) is 0 Å². The number of hydrogen-bond donors (Lipinski definition) is 0. The molecule has 1 aromatic carbocycles.